The van der Waals surface area contributed by atoms with E-state index in [1.165, 1.54) is 32.1 Å². The van der Waals surface area contributed by atoms with Gasteiger partial charge in [-0.2, -0.15) is 8.42 Å². The van der Waals surface area contributed by atoms with Crippen molar-refractivity contribution in [1.29, 1.82) is 0 Å². The van der Waals surface area contributed by atoms with Gasteiger partial charge in [0.1, 0.15) is 36.8 Å². The van der Waals surface area contributed by atoms with Crippen LogP contribution in [0.15, 0.2) is 60.8 Å². The number of ether oxygens (including phenoxy) is 4. The Morgan fingerprint density at radius 1 is 0.614 bits per heavy atom. The molecule has 1 aliphatic heterocycles. The molecule has 0 bridgehead atoms. The maximum absolute atomic E-state index is 12.8. The third kappa shape index (κ3) is 29.2. The van der Waals surface area contributed by atoms with Crippen LogP contribution in [0.4, 0.5) is 0 Å². The normalized spacial score (nSPS) is 21.1. The molecule has 0 saturated carbocycles. The van der Waals surface area contributed by atoms with Crippen LogP contribution in [0.3, 0.4) is 0 Å². The fourth-order valence-corrected chi connectivity index (χ4v) is 6.70. The number of aliphatic hydroxyl groups is 3. The van der Waals surface area contributed by atoms with Crippen LogP contribution >= 0.6 is 0 Å². The number of allylic oxidation sites excluding steroid dienone is 10. The predicted octanol–water partition coefficient (Wildman–Crippen LogP) is 8.17. The van der Waals surface area contributed by atoms with Gasteiger partial charge in [0.15, 0.2) is 12.4 Å². The van der Waals surface area contributed by atoms with Crippen molar-refractivity contribution in [3.05, 3.63) is 60.8 Å². The van der Waals surface area contributed by atoms with Crippen LogP contribution < -0.4 is 0 Å². The summed E-state index contributed by atoms with van der Waals surface area (Å²) in [6.45, 7) is 3.57. The summed E-state index contributed by atoms with van der Waals surface area (Å²) in [6.07, 6.45) is 31.3. The number of unbranched alkanes of at least 4 members (excludes halogenated alkanes) is 12. The summed E-state index contributed by atoms with van der Waals surface area (Å²) in [5, 5.41) is 30.8. The Morgan fingerprint density at radius 2 is 1.11 bits per heavy atom. The first-order valence-electron chi connectivity index (χ1n) is 21.3. The van der Waals surface area contributed by atoms with Gasteiger partial charge in [-0.3, -0.25) is 14.1 Å². The molecule has 1 heterocycles. The molecular formula is C44H74O12S. The summed E-state index contributed by atoms with van der Waals surface area (Å²) in [7, 11) is -4.61. The Labute approximate surface area is 343 Å². The number of hydrogen-bond acceptors (Lipinski definition) is 11. The Morgan fingerprint density at radius 3 is 1.70 bits per heavy atom. The molecule has 13 heteroatoms. The largest absolute Gasteiger partial charge is 0.462 e. The Balaban J connectivity index is 2.52. The average Bonchev–Trinajstić information content (AvgIpc) is 3.17. The topological polar surface area (TPSA) is 186 Å². The monoisotopic (exact) mass is 826 g/mol. The van der Waals surface area contributed by atoms with Crippen LogP contribution in [0.2, 0.25) is 0 Å². The molecule has 328 valence electrons. The maximum Gasteiger partial charge on any atom is 0.306 e. The average molecular weight is 827 g/mol. The molecule has 2 unspecified atom stereocenters. The quantitative estimate of drug-likeness (QED) is 0.0211. The summed E-state index contributed by atoms with van der Waals surface area (Å²) >= 11 is 0. The van der Waals surface area contributed by atoms with E-state index in [-0.39, 0.29) is 19.4 Å². The molecule has 0 radical (unpaired) electrons. The number of carbonyl (C=O) groups excluding carboxylic acids is 2. The van der Waals surface area contributed by atoms with E-state index in [1.807, 2.05) is 0 Å². The molecule has 0 spiro atoms. The molecule has 0 aromatic carbocycles. The van der Waals surface area contributed by atoms with Crippen LogP contribution in [-0.4, -0.2) is 96.0 Å². The zero-order valence-corrected chi connectivity index (χ0v) is 35.5. The summed E-state index contributed by atoms with van der Waals surface area (Å²) in [5.41, 5.74) is 0. The second kappa shape index (κ2) is 34.2. The molecule has 4 N–H and O–H groups in total. The van der Waals surface area contributed by atoms with E-state index < -0.39 is 71.2 Å². The fourth-order valence-electron chi connectivity index (χ4n) is 6.01. The zero-order valence-electron chi connectivity index (χ0n) is 34.7. The minimum absolute atomic E-state index is 0.142. The lowest BCUT2D eigenvalue weighted by atomic mass is 10.00. The van der Waals surface area contributed by atoms with Crippen molar-refractivity contribution in [3.8, 4) is 0 Å². The van der Waals surface area contributed by atoms with Crippen LogP contribution in [0.5, 0.6) is 0 Å². The SMILES string of the molecule is CC/C=C/C/C=C/C/C=C/C/C=C/CCCCC(=O)OC[C@H](CO[C@H]1O[C@H](CS(=O)(=O)O)[C@@H](O)C(O)C1O)OC(=O)CCCCCCC/C=C/CCCCCCC. The molecule has 0 amide bonds. The van der Waals surface area contributed by atoms with Crippen LogP contribution in [-0.2, 0) is 38.7 Å². The molecular weight excluding hydrogens is 753 g/mol. The highest BCUT2D eigenvalue weighted by Gasteiger charge is 2.46. The minimum Gasteiger partial charge on any atom is -0.462 e. The van der Waals surface area contributed by atoms with E-state index in [2.05, 4.69) is 74.6 Å². The summed E-state index contributed by atoms with van der Waals surface area (Å²) < 4.78 is 53.9. The van der Waals surface area contributed by atoms with Crippen molar-refractivity contribution in [2.75, 3.05) is 19.0 Å². The number of aliphatic hydroxyl groups excluding tert-OH is 3. The van der Waals surface area contributed by atoms with Crippen molar-refractivity contribution in [2.24, 2.45) is 0 Å². The molecule has 1 saturated heterocycles. The Kier molecular flexibility index (Phi) is 31.5. The molecule has 57 heavy (non-hydrogen) atoms. The molecule has 0 aromatic heterocycles. The van der Waals surface area contributed by atoms with Gasteiger partial charge < -0.3 is 34.3 Å². The van der Waals surface area contributed by atoms with Gasteiger partial charge in [0, 0.05) is 12.8 Å². The summed E-state index contributed by atoms with van der Waals surface area (Å²) in [5.74, 6) is -2.06. The van der Waals surface area contributed by atoms with Gasteiger partial charge in [-0.25, -0.2) is 0 Å². The van der Waals surface area contributed by atoms with Crippen LogP contribution in [0.1, 0.15) is 149 Å². The first-order valence-corrected chi connectivity index (χ1v) is 23.0. The smallest absolute Gasteiger partial charge is 0.306 e. The lowest BCUT2D eigenvalue weighted by molar-refractivity contribution is -0.297. The van der Waals surface area contributed by atoms with Gasteiger partial charge in [0.25, 0.3) is 10.1 Å². The Hall–Kier alpha value is -2.65. The lowest BCUT2D eigenvalue weighted by Gasteiger charge is -2.40. The van der Waals surface area contributed by atoms with Crippen molar-refractivity contribution < 1.29 is 56.8 Å². The van der Waals surface area contributed by atoms with Crippen molar-refractivity contribution in [1.82, 2.24) is 0 Å². The molecule has 1 rings (SSSR count). The molecule has 6 atom stereocenters. The van der Waals surface area contributed by atoms with Gasteiger partial charge in [0.05, 0.1) is 6.61 Å². The van der Waals surface area contributed by atoms with Gasteiger partial charge >= 0.3 is 11.9 Å². The van der Waals surface area contributed by atoms with Crippen LogP contribution in [0.25, 0.3) is 0 Å². The van der Waals surface area contributed by atoms with E-state index >= 15 is 0 Å². The van der Waals surface area contributed by atoms with Crippen LogP contribution in [0, 0.1) is 0 Å². The van der Waals surface area contributed by atoms with Crippen molar-refractivity contribution >= 4 is 22.1 Å². The zero-order chi connectivity index (χ0) is 42.0. The van der Waals surface area contributed by atoms with E-state index in [1.54, 1.807) is 0 Å². The van der Waals surface area contributed by atoms with E-state index in [0.717, 1.165) is 77.0 Å². The molecule has 12 nitrogen and oxygen atoms in total. The number of hydrogen-bond donors (Lipinski definition) is 4. The Bertz CT molecular complexity index is 1290. The molecule has 1 fully saturated rings. The molecule has 0 aromatic rings. The summed E-state index contributed by atoms with van der Waals surface area (Å²) in [4.78, 5) is 25.3. The van der Waals surface area contributed by atoms with Gasteiger partial charge in [-0.1, -0.05) is 120 Å². The maximum atomic E-state index is 12.8. The second-order valence-electron chi connectivity index (χ2n) is 14.6. The molecule has 0 aliphatic carbocycles. The second-order valence-corrected chi connectivity index (χ2v) is 16.1. The third-order valence-electron chi connectivity index (χ3n) is 9.33. The number of carbonyl (C=O) groups is 2. The molecule has 1 aliphatic rings. The van der Waals surface area contributed by atoms with Gasteiger partial charge in [-0.05, 0) is 77.0 Å². The first kappa shape index (κ1) is 52.4. The van der Waals surface area contributed by atoms with Crippen molar-refractivity contribution in [2.45, 2.75) is 185 Å². The third-order valence-corrected chi connectivity index (χ3v) is 10.1. The number of esters is 2. The van der Waals surface area contributed by atoms with E-state index in [4.69, 9.17) is 18.9 Å². The summed E-state index contributed by atoms with van der Waals surface area (Å²) in [6, 6.07) is 0. The highest BCUT2D eigenvalue weighted by Crippen LogP contribution is 2.24. The predicted molar refractivity (Wildman–Crippen MR) is 224 cm³/mol. The fraction of sp³-hybridized carbons (Fsp3) is 0.727. The minimum atomic E-state index is -4.61. The number of rotatable bonds is 34. The highest BCUT2D eigenvalue weighted by molar-refractivity contribution is 7.85. The van der Waals surface area contributed by atoms with E-state index in [9.17, 15) is 37.9 Å². The van der Waals surface area contributed by atoms with Gasteiger partial charge in [0.2, 0.25) is 0 Å². The lowest BCUT2D eigenvalue weighted by Crippen LogP contribution is -2.60. The first-order chi connectivity index (χ1) is 27.5. The van der Waals surface area contributed by atoms with E-state index in [0.29, 0.717) is 12.8 Å². The standard InChI is InChI=1S/C44H74O12S/c1-3-5-7-9-11-13-15-17-19-21-22-24-26-28-30-32-39(45)53-34-37(35-54-44-43(49)42(48)41(47)38(56-44)36-57(50,51)52)55-40(46)33-31-29-27-25-23-20-18-16-14-12-10-8-6-4-2/h5,7,11,13,16-19,22,24,37-38,41-44,47-49H,3-4,6,8-10,12,14-15,20-21,23,25-36H2,1-2H3,(H,50,51,52)/b7-5+,13-11+,18-16+,19-17+,24-22+/t37-,38-,41-,42?,43?,44+/m1/s1. The van der Waals surface area contributed by atoms with Gasteiger partial charge in [-0.15, -0.1) is 0 Å². The van der Waals surface area contributed by atoms with Crippen molar-refractivity contribution in [3.63, 3.8) is 0 Å². The highest BCUT2D eigenvalue weighted by atomic mass is 32.2.